The van der Waals surface area contributed by atoms with Crippen LogP contribution in [-0.2, 0) is 19.7 Å². The molecule has 2 aromatic heterocycles. The van der Waals surface area contributed by atoms with Crippen molar-refractivity contribution >= 4 is 6.09 Å². The van der Waals surface area contributed by atoms with E-state index in [9.17, 15) is 9.90 Å². The maximum atomic E-state index is 11.0. The molecule has 7 heteroatoms. The fourth-order valence-corrected chi connectivity index (χ4v) is 2.35. The Morgan fingerprint density at radius 1 is 1.47 bits per heavy atom. The van der Waals surface area contributed by atoms with Crippen molar-refractivity contribution in [2.24, 2.45) is 0 Å². The number of aromatic nitrogens is 2. The number of aliphatic hydroxyl groups excluding tert-OH is 1. The summed E-state index contributed by atoms with van der Waals surface area (Å²) < 4.78 is 7.27. The number of aliphatic hydroxyl groups is 1. The highest BCUT2D eigenvalue weighted by Crippen LogP contribution is 2.28. The average Bonchev–Trinajstić information content (AvgIpc) is 3.03. The Morgan fingerprint density at radius 3 is 2.95 bits per heavy atom. The number of fused-ring (bicyclic) bond motifs is 1. The van der Waals surface area contributed by atoms with E-state index in [2.05, 4.69) is 4.98 Å². The maximum Gasteiger partial charge on any atom is 0.407 e. The SMILES string of the molecule is O=C(O)N1CCn2c(nc(CO)c2-c2ccco2)C1. The van der Waals surface area contributed by atoms with Crippen LogP contribution in [0.5, 0.6) is 0 Å². The van der Waals surface area contributed by atoms with E-state index in [-0.39, 0.29) is 13.2 Å². The van der Waals surface area contributed by atoms with Crippen molar-refractivity contribution in [3.05, 3.63) is 29.9 Å². The molecular formula is C12H13N3O4. The van der Waals surface area contributed by atoms with E-state index in [1.807, 2.05) is 4.57 Å². The summed E-state index contributed by atoms with van der Waals surface area (Å²) in [6.45, 7) is 0.925. The van der Waals surface area contributed by atoms with E-state index in [1.54, 1.807) is 18.4 Å². The standard InChI is InChI=1S/C12H13N3O4/c16-7-8-11(9-2-1-5-19-9)15-4-3-14(12(17)18)6-10(15)13-8/h1-2,5,16H,3-4,6-7H2,(H,17,18). The Kier molecular flexibility index (Phi) is 2.75. The molecule has 2 aromatic rings. The third kappa shape index (κ3) is 1.88. The van der Waals surface area contributed by atoms with Crippen LogP contribution in [0.25, 0.3) is 11.5 Å². The van der Waals surface area contributed by atoms with Gasteiger partial charge in [-0.25, -0.2) is 9.78 Å². The summed E-state index contributed by atoms with van der Waals surface area (Å²) in [7, 11) is 0. The smallest absolute Gasteiger partial charge is 0.407 e. The van der Waals surface area contributed by atoms with E-state index in [0.29, 0.717) is 30.4 Å². The number of nitrogens with zero attached hydrogens (tertiary/aromatic N) is 3. The van der Waals surface area contributed by atoms with Crippen LogP contribution in [0.2, 0.25) is 0 Å². The zero-order valence-corrected chi connectivity index (χ0v) is 10.1. The van der Waals surface area contributed by atoms with Crippen molar-refractivity contribution in [1.82, 2.24) is 14.5 Å². The Morgan fingerprint density at radius 2 is 2.32 bits per heavy atom. The van der Waals surface area contributed by atoms with Gasteiger partial charge in [-0.05, 0) is 12.1 Å². The van der Waals surface area contributed by atoms with Gasteiger partial charge < -0.3 is 19.2 Å². The molecule has 0 fully saturated rings. The lowest BCUT2D eigenvalue weighted by atomic mass is 10.2. The zero-order valence-electron chi connectivity index (χ0n) is 10.1. The van der Waals surface area contributed by atoms with Gasteiger partial charge in [0.2, 0.25) is 0 Å². The molecule has 1 aliphatic heterocycles. The number of hydrogen-bond donors (Lipinski definition) is 2. The van der Waals surface area contributed by atoms with Crippen LogP contribution < -0.4 is 0 Å². The molecule has 19 heavy (non-hydrogen) atoms. The van der Waals surface area contributed by atoms with Gasteiger partial charge in [0, 0.05) is 13.1 Å². The third-order valence-electron chi connectivity index (χ3n) is 3.22. The summed E-state index contributed by atoms with van der Waals surface area (Å²) in [5, 5.41) is 18.4. The predicted molar refractivity (Wildman–Crippen MR) is 64.3 cm³/mol. The van der Waals surface area contributed by atoms with E-state index >= 15 is 0 Å². The molecular weight excluding hydrogens is 250 g/mol. The largest absolute Gasteiger partial charge is 0.465 e. The summed E-state index contributed by atoms with van der Waals surface area (Å²) in [5.41, 5.74) is 1.24. The van der Waals surface area contributed by atoms with Gasteiger partial charge in [0.25, 0.3) is 0 Å². The van der Waals surface area contributed by atoms with Gasteiger partial charge in [-0.1, -0.05) is 0 Å². The van der Waals surface area contributed by atoms with E-state index in [4.69, 9.17) is 9.52 Å². The first-order valence-electron chi connectivity index (χ1n) is 5.91. The van der Waals surface area contributed by atoms with Gasteiger partial charge in [-0.15, -0.1) is 0 Å². The predicted octanol–water partition coefficient (Wildman–Crippen LogP) is 1.13. The topological polar surface area (TPSA) is 91.7 Å². The Balaban J connectivity index is 2.05. The molecule has 0 aliphatic carbocycles. The normalized spacial score (nSPS) is 14.5. The highest BCUT2D eigenvalue weighted by atomic mass is 16.4. The fourth-order valence-electron chi connectivity index (χ4n) is 2.35. The van der Waals surface area contributed by atoms with Gasteiger partial charge in [0.1, 0.15) is 11.5 Å². The van der Waals surface area contributed by atoms with Gasteiger partial charge in [-0.2, -0.15) is 0 Å². The van der Waals surface area contributed by atoms with Crippen LogP contribution in [0, 0.1) is 0 Å². The molecule has 1 aliphatic rings. The molecule has 0 spiro atoms. The molecule has 3 heterocycles. The second-order valence-corrected chi connectivity index (χ2v) is 4.31. The molecule has 100 valence electrons. The maximum absolute atomic E-state index is 11.0. The zero-order chi connectivity index (χ0) is 13.4. The summed E-state index contributed by atoms with van der Waals surface area (Å²) in [6.07, 6.45) is 0.599. The fraction of sp³-hybridized carbons (Fsp3) is 0.333. The Labute approximate surface area is 108 Å². The first-order valence-corrected chi connectivity index (χ1v) is 5.91. The van der Waals surface area contributed by atoms with E-state index in [0.717, 1.165) is 5.69 Å². The lowest BCUT2D eigenvalue weighted by Crippen LogP contribution is -2.37. The summed E-state index contributed by atoms with van der Waals surface area (Å²) in [4.78, 5) is 16.6. The monoisotopic (exact) mass is 263 g/mol. The van der Waals surface area contributed by atoms with Crippen molar-refractivity contribution in [2.45, 2.75) is 19.7 Å². The molecule has 7 nitrogen and oxygen atoms in total. The quantitative estimate of drug-likeness (QED) is 0.847. The van der Waals surface area contributed by atoms with E-state index in [1.165, 1.54) is 4.90 Å². The molecule has 3 rings (SSSR count). The molecule has 0 unspecified atom stereocenters. The third-order valence-corrected chi connectivity index (χ3v) is 3.22. The highest BCUT2D eigenvalue weighted by Gasteiger charge is 2.27. The second-order valence-electron chi connectivity index (χ2n) is 4.31. The van der Waals surface area contributed by atoms with Crippen molar-refractivity contribution in [3.63, 3.8) is 0 Å². The molecule has 0 aromatic carbocycles. The molecule has 1 amide bonds. The second kappa shape index (κ2) is 4.43. The van der Waals surface area contributed by atoms with Crippen LogP contribution in [0.1, 0.15) is 11.5 Å². The van der Waals surface area contributed by atoms with Crippen LogP contribution in [-0.4, -0.2) is 37.3 Å². The first kappa shape index (κ1) is 11.8. The summed E-state index contributed by atoms with van der Waals surface area (Å²) >= 11 is 0. The first-order chi connectivity index (χ1) is 9.20. The molecule has 0 atom stereocenters. The Bertz CT molecular complexity index is 603. The van der Waals surface area contributed by atoms with Gasteiger partial charge in [-0.3, -0.25) is 4.90 Å². The molecule has 2 N–H and O–H groups in total. The van der Waals surface area contributed by atoms with Crippen molar-refractivity contribution in [2.75, 3.05) is 6.54 Å². The number of furan rings is 1. The minimum absolute atomic E-state index is 0.205. The highest BCUT2D eigenvalue weighted by molar-refractivity contribution is 5.65. The molecule has 0 saturated carbocycles. The number of amides is 1. The number of carbonyl (C=O) groups is 1. The lowest BCUT2D eigenvalue weighted by molar-refractivity contribution is 0.132. The van der Waals surface area contributed by atoms with E-state index < -0.39 is 6.09 Å². The van der Waals surface area contributed by atoms with Gasteiger partial charge in [0.05, 0.1) is 25.1 Å². The van der Waals surface area contributed by atoms with Crippen LogP contribution in [0.3, 0.4) is 0 Å². The van der Waals surface area contributed by atoms with Gasteiger partial charge >= 0.3 is 6.09 Å². The summed E-state index contributed by atoms with van der Waals surface area (Å²) in [5.74, 6) is 1.26. The number of imidazole rings is 1. The number of carboxylic acid groups (broad SMARTS) is 1. The number of rotatable bonds is 2. The van der Waals surface area contributed by atoms with Crippen molar-refractivity contribution in [1.29, 1.82) is 0 Å². The lowest BCUT2D eigenvalue weighted by Gasteiger charge is -2.25. The Hall–Kier alpha value is -2.28. The van der Waals surface area contributed by atoms with Crippen LogP contribution >= 0.6 is 0 Å². The average molecular weight is 263 g/mol. The molecule has 0 bridgehead atoms. The molecule has 0 saturated heterocycles. The summed E-state index contributed by atoms with van der Waals surface area (Å²) in [6, 6.07) is 3.57. The molecule has 0 radical (unpaired) electrons. The minimum Gasteiger partial charge on any atom is -0.465 e. The van der Waals surface area contributed by atoms with Crippen molar-refractivity contribution in [3.8, 4) is 11.5 Å². The van der Waals surface area contributed by atoms with Gasteiger partial charge in [0.15, 0.2) is 5.76 Å². The van der Waals surface area contributed by atoms with Crippen molar-refractivity contribution < 1.29 is 19.4 Å². The minimum atomic E-state index is -0.959. The van der Waals surface area contributed by atoms with Crippen LogP contribution in [0.15, 0.2) is 22.8 Å². The van der Waals surface area contributed by atoms with Crippen LogP contribution in [0.4, 0.5) is 4.79 Å². The number of hydrogen-bond acceptors (Lipinski definition) is 4.